The molecule has 0 aromatic carbocycles. The Balaban J connectivity index is 2.09. The first-order valence-corrected chi connectivity index (χ1v) is 4.98. The monoisotopic (exact) mass is 214 g/mol. The molecule has 2 fully saturated rings. The van der Waals surface area contributed by atoms with Gasteiger partial charge in [-0.3, -0.25) is 9.59 Å². The number of fused-ring (bicyclic) bond motifs is 1. The normalized spacial score (nSPS) is 37.7. The Labute approximate surface area is 87.7 Å². The van der Waals surface area contributed by atoms with Gasteiger partial charge >= 0.3 is 11.9 Å². The van der Waals surface area contributed by atoms with E-state index < -0.39 is 11.8 Å². The second-order valence-electron chi connectivity index (χ2n) is 3.94. The number of hydrogen-bond donors (Lipinski definition) is 0. The smallest absolute Gasteiger partial charge is 0.309 e. The number of rotatable bonds is 2. The van der Waals surface area contributed by atoms with Crippen LogP contribution in [-0.4, -0.2) is 38.4 Å². The lowest BCUT2D eigenvalue weighted by Gasteiger charge is -2.24. The van der Waals surface area contributed by atoms with Crippen LogP contribution in [-0.2, 0) is 23.8 Å². The number of hydrogen-bond acceptors (Lipinski definition) is 5. The zero-order chi connectivity index (χ0) is 11.0. The molecule has 1 aliphatic heterocycles. The largest absolute Gasteiger partial charge is 0.469 e. The van der Waals surface area contributed by atoms with Crippen LogP contribution in [0.5, 0.6) is 0 Å². The van der Waals surface area contributed by atoms with Crippen molar-refractivity contribution in [3.63, 3.8) is 0 Å². The van der Waals surface area contributed by atoms with E-state index in [1.54, 1.807) is 0 Å². The van der Waals surface area contributed by atoms with Gasteiger partial charge in [-0.05, 0) is 12.8 Å². The molecule has 0 bridgehead atoms. The molecule has 0 N–H and O–H groups in total. The summed E-state index contributed by atoms with van der Waals surface area (Å²) < 4.78 is 14.7. The molecule has 0 unspecified atom stereocenters. The van der Waals surface area contributed by atoms with Gasteiger partial charge in [0.1, 0.15) is 0 Å². The zero-order valence-electron chi connectivity index (χ0n) is 8.76. The highest BCUT2D eigenvalue weighted by Gasteiger charge is 2.53. The van der Waals surface area contributed by atoms with Gasteiger partial charge in [-0.25, -0.2) is 0 Å². The molecule has 15 heavy (non-hydrogen) atoms. The lowest BCUT2D eigenvalue weighted by atomic mass is 9.79. The Morgan fingerprint density at radius 1 is 1.00 bits per heavy atom. The van der Waals surface area contributed by atoms with Crippen molar-refractivity contribution in [2.75, 3.05) is 14.2 Å². The van der Waals surface area contributed by atoms with Gasteiger partial charge in [-0.15, -0.1) is 0 Å². The van der Waals surface area contributed by atoms with Crippen molar-refractivity contribution in [3.8, 4) is 0 Å². The van der Waals surface area contributed by atoms with E-state index in [9.17, 15) is 9.59 Å². The summed E-state index contributed by atoms with van der Waals surface area (Å²) in [6.45, 7) is 0. The fourth-order valence-corrected chi connectivity index (χ4v) is 2.25. The fraction of sp³-hybridized carbons (Fsp3) is 0.800. The van der Waals surface area contributed by atoms with Crippen LogP contribution in [0, 0.1) is 11.8 Å². The summed E-state index contributed by atoms with van der Waals surface area (Å²) in [7, 11) is 2.66. The molecule has 4 atom stereocenters. The van der Waals surface area contributed by atoms with Crippen LogP contribution in [0.1, 0.15) is 12.8 Å². The second-order valence-corrected chi connectivity index (χ2v) is 3.94. The first kappa shape index (κ1) is 10.4. The third-order valence-electron chi connectivity index (χ3n) is 3.15. The summed E-state index contributed by atoms with van der Waals surface area (Å²) in [5.41, 5.74) is 0. The summed E-state index contributed by atoms with van der Waals surface area (Å²) in [4.78, 5) is 23.0. The van der Waals surface area contributed by atoms with E-state index in [1.807, 2.05) is 0 Å². The second kappa shape index (κ2) is 3.81. The van der Waals surface area contributed by atoms with E-state index in [0.29, 0.717) is 12.8 Å². The van der Waals surface area contributed by atoms with Crippen molar-refractivity contribution < 1.29 is 23.8 Å². The van der Waals surface area contributed by atoms with Gasteiger partial charge in [-0.2, -0.15) is 0 Å². The predicted octanol–water partition coefficient (Wildman–Crippen LogP) is 0.126. The SMILES string of the molecule is COC(=O)[C@@H]1C[C@@H]2O[C@H]2C[C@H]1C(=O)OC. The maximum absolute atomic E-state index is 11.5. The Hall–Kier alpha value is -1.10. The molecule has 84 valence electrons. The minimum absolute atomic E-state index is 0.134. The Bertz CT molecular complexity index is 260. The molecule has 1 saturated carbocycles. The molecular formula is C10H14O5. The van der Waals surface area contributed by atoms with E-state index in [0.717, 1.165) is 0 Å². The summed E-state index contributed by atoms with van der Waals surface area (Å²) >= 11 is 0. The highest BCUT2D eigenvalue weighted by molar-refractivity contribution is 5.82. The predicted molar refractivity (Wildman–Crippen MR) is 48.9 cm³/mol. The molecule has 5 nitrogen and oxygen atoms in total. The topological polar surface area (TPSA) is 65.1 Å². The molecule has 1 saturated heterocycles. The van der Waals surface area contributed by atoms with Crippen LogP contribution < -0.4 is 0 Å². The van der Waals surface area contributed by atoms with Gasteiger partial charge in [0.15, 0.2) is 0 Å². The van der Waals surface area contributed by atoms with Gasteiger partial charge in [-0.1, -0.05) is 0 Å². The highest BCUT2D eigenvalue weighted by atomic mass is 16.6. The Morgan fingerprint density at radius 3 is 1.73 bits per heavy atom. The van der Waals surface area contributed by atoms with Crippen molar-refractivity contribution >= 4 is 11.9 Å². The lowest BCUT2D eigenvalue weighted by Crippen LogP contribution is -2.36. The van der Waals surface area contributed by atoms with E-state index in [-0.39, 0.29) is 24.1 Å². The minimum atomic E-state index is -0.411. The van der Waals surface area contributed by atoms with Crippen LogP contribution in [0.2, 0.25) is 0 Å². The molecule has 5 heteroatoms. The Kier molecular flexibility index (Phi) is 2.65. The lowest BCUT2D eigenvalue weighted by molar-refractivity contribution is -0.158. The van der Waals surface area contributed by atoms with Crippen molar-refractivity contribution in [2.24, 2.45) is 11.8 Å². The summed E-state index contributed by atoms with van der Waals surface area (Å²) in [5.74, 6) is -1.52. The fourth-order valence-electron chi connectivity index (χ4n) is 2.25. The summed E-state index contributed by atoms with van der Waals surface area (Å²) in [6.07, 6.45) is 1.40. The van der Waals surface area contributed by atoms with Crippen molar-refractivity contribution in [1.82, 2.24) is 0 Å². The molecular weight excluding hydrogens is 200 g/mol. The Morgan fingerprint density at radius 2 is 1.40 bits per heavy atom. The number of epoxide rings is 1. The molecule has 2 rings (SSSR count). The molecule has 0 aromatic rings. The molecule has 0 aromatic heterocycles. The zero-order valence-corrected chi connectivity index (χ0v) is 8.76. The van der Waals surface area contributed by atoms with Crippen molar-refractivity contribution in [1.29, 1.82) is 0 Å². The molecule has 2 aliphatic rings. The number of ether oxygens (including phenoxy) is 3. The minimum Gasteiger partial charge on any atom is -0.469 e. The maximum Gasteiger partial charge on any atom is 0.309 e. The van der Waals surface area contributed by atoms with Gasteiger partial charge in [0.05, 0.1) is 38.3 Å². The van der Waals surface area contributed by atoms with Gasteiger partial charge < -0.3 is 14.2 Å². The molecule has 0 spiro atoms. The van der Waals surface area contributed by atoms with Crippen molar-refractivity contribution in [3.05, 3.63) is 0 Å². The van der Waals surface area contributed by atoms with Gasteiger partial charge in [0, 0.05) is 0 Å². The highest BCUT2D eigenvalue weighted by Crippen LogP contribution is 2.43. The number of carbonyl (C=O) groups is 2. The van der Waals surface area contributed by atoms with E-state index in [4.69, 9.17) is 4.74 Å². The molecule has 0 radical (unpaired) electrons. The van der Waals surface area contributed by atoms with Crippen LogP contribution in [0.25, 0.3) is 0 Å². The van der Waals surface area contributed by atoms with Crippen LogP contribution in [0.3, 0.4) is 0 Å². The van der Waals surface area contributed by atoms with E-state index in [1.165, 1.54) is 14.2 Å². The third-order valence-corrected chi connectivity index (χ3v) is 3.15. The number of esters is 2. The van der Waals surface area contributed by atoms with E-state index in [2.05, 4.69) is 9.47 Å². The number of carbonyl (C=O) groups excluding carboxylic acids is 2. The first-order valence-electron chi connectivity index (χ1n) is 4.98. The summed E-state index contributed by atoms with van der Waals surface area (Å²) in [6, 6.07) is 0. The standard InChI is InChI=1S/C10H14O5/c1-13-9(11)5-3-7-8(15-7)4-6(5)10(12)14-2/h5-8H,3-4H2,1-2H3/t5-,6-,7+,8+/m1/s1. The van der Waals surface area contributed by atoms with E-state index >= 15 is 0 Å². The third kappa shape index (κ3) is 1.84. The average Bonchev–Trinajstić information content (AvgIpc) is 3.03. The van der Waals surface area contributed by atoms with Crippen LogP contribution in [0.4, 0.5) is 0 Å². The van der Waals surface area contributed by atoms with Crippen LogP contribution in [0.15, 0.2) is 0 Å². The molecule has 1 heterocycles. The van der Waals surface area contributed by atoms with Crippen LogP contribution >= 0.6 is 0 Å². The molecule has 0 amide bonds. The number of methoxy groups -OCH3 is 2. The first-order chi connectivity index (χ1) is 7.17. The quantitative estimate of drug-likeness (QED) is 0.482. The van der Waals surface area contributed by atoms with Gasteiger partial charge in [0.25, 0.3) is 0 Å². The summed E-state index contributed by atoms with van der Waals surface area (Å²) in [5, 5.41) is 0. The average molecular weight is 214 g/mol. The van der Waals surface area contributed by atoms with Gasteiger partial charge in [0.2, 0.25) is 0 Å². The van der Waals surface area contributed by atoms with Crippen molar-refractivity contribution in [2.45, 2.75) is 25.0 Å². The maximum atomic E-state index is 11.5. The molecule has 1 aliphatic carbocycles.